The Bertz CT molecular complexity index is 1480. The molecule has 36 heavy (non-hydrogen) atoms. The largest absolute Gasteiger partial charge is 0.481 e. The number of furan rings is 1. The molecular formula is C26H24N2O6S2. The van der Waals surface area contributed by atoms with Crippen molar-refractivity contribution in [3.05, 3.63) is 71.4 Å². The molecule has 2 aromatic carbocycles. The third-order valence-corrected chi connectivity index (χ3v) is 8.89. The number of carbonyl (C=O) groups is 1. The summed E-state index contributed by atoms with van der Waals surface area (Å²) in [7, 11) is -3.57. The SMILES string of the molecule is O=C(O)CCC(=Cc1ccc(-c2ccc(S(=O)(=O)N3CCOCC3)cc2)o1)c1nc2ccccc2s1. The number of sulfonamides is 1. The van der Waals surface area contributed by atoms with Gasteiger partial charge in [-0.25, -0.2) is 13.4 Å². The summed E-state index contributed by atoms with van der Waals surface area (Å²) in [5.41, 5.74) is 2.39. The molecule has 0 aliphatic carbocycles. The average molecular weight is 525 g/mol. The molecule has 0 radical (unpaired) electrons. The van der Waals surface area contributed by atoms with E-state index in [1.165, 1.54) is 15.6 Å². The van der Waals surface area contributed by atoms with Crippen LogP contribution in [-0.4, -0.2) is 55.1 Å². The molecule has 0 amide bonds. The van der Waals surface area contributed by atoms with Gasteiger partial charge in [-0.3, -0.25) is 4.79 Å². The number of aromatic nitrogens is 1. The minimum Gasteiger partial charge on any atom is -0.481 e. The van der Waals surface area contributed by atoms with Gasteiger partial charge < -0.3 is 14.3 Å². The Morgan fingerprint density at radius 3 is 2.50 bits per heavy atom. The lowest BCUT2D eigenvalue weighted by Gasteiger charge is -2.26. The van der Waals surface area contributed by atoms with E-state index in [0.717, 1.165) is 26.4 Å². The summed E-state index contributed by atoms with van der Waals surface area (Å²) < 4.78 is 39.5. The monoisotopic (exact) mass is 524 g/mol. The minimum absolute atomic E-state index is 0.0194. The molecule has 1 saturated heterocycles. The lowest BCUT2D eigenvalue weighted by atomic mass is 10.1. The van der Waals surface area contributed by atoms with Gasteiger partial charge in [0.05, 0.1) is 28.3 Å². The highest BCUT2D eigenvalue weighted by Gasteiger charge is 2.26. The zero-order valence-electron chi connectivity index (χ0n) is 19.3. The van der Waals surface area contributed by atoms with E-state index in [1.54, 1.807) is 24.3 Å². The molecule has 1 aliphatic rings. The molecule has 0 bridgehead atoms. The molecule has 10 heteroatoms. The fraction of sp³-hybridized carbons (Fsp3) is 0.231. The van der Waals surface area contributed by atoms with Crippen LogP contribution in [0, 0.1) is 0 Å². The minimum atomic E-state index is -3.57. The van der Waals surface area contributed by atoms with Crippen LogP contribution in [0.3, 0.4) is 0 Å². The van der Waals surface area contributed by atoms with E-state index in [-0.39, 0.29) is 11.3 Å². The molecular weight excluding hydrogens is 500 g/mol. The summed E-state index contributed by atoms with van der Waals surface area (Å²) >= 11 is 1.51. The van der Waals surface area contributed by atoms with Gasteiger partial charge in [0.15, 0.2) is 0 Å². The van der Waals surface area contributed by atoms with Crippen molar-refractivity contribution in [2.24, 2.45) is 0 Å². The molecule has 0 unspecified atom stereocenters. The molecule has 2 aromatic heterocycles. The van der Waals surface area contributed by atoms with Crippen molar-refractivity contribution < 1.29 is 27.5 Å². The number of hydrogen-bond donors (Lipinski definition) is 1. The number of carboxylic acids is 1. The third-order valence-electron chi connectivity index (χ3n) is 5.87. The number of thiazole rings is 1. The van der Waals surface area contributed by atoms with Gasteiger partial charge in [0.25, 0.3) is 0 Å². The summed E-state index contributed by atoms with van der Waals surface area (Å²) in [5.74, 6) is 0.266. The number of hydrogen-bond acceptors (Lipinski definition) is 7. The predicted octanol–water partition coefficient (Wildman–Crippen LogP) is 4.98. The van der Waals surface area contributed by atoms with Crippen molar-refractivity contribution in [1.29, 1.82) is 0 Å². The van der Waals surface area contributed by atoms with Gasteiger partial charge >= 0.3 is 5.97 Å². The second-order valence-electron chi connectivity index (χ2n) is 8.29. The normalized spacial score (nSPS) is 15.4. The van der Waals surface area contributed by atoms with E-state index in [9.17, 15) is 18.3 Å². The van der Waals surface area contributed by atoms with Gasteiger partial charge in [-0.05, 0) is 66.6 Å². The molecule has 4 aromatic rings. The smallest absolute Gasteiger partial charge is 0.303 e. The van der Waals surface area contributed by atoms with Gasteiger partial charge in [0.1, 0.15) is 16.5 Å². The number of allylic oxidation sites excluding steroid dienone is 1. The van der Waals surface area contributed by atoms with Gasteiger partial charge in [0, 0.05) is 25.1 Å². The van der Waals surface area contributed by atoms with Crippen LogP contribution < -0.4 is 0 Å². The van der Waals surface area contributed by atoms with E-state index in [4.69, 9.17) is 9.15 Å². The van der Waals surface area contributed by atoms with Crippen molar-refractivity contribution >= 4 is 49.2 Å². The number of benzene rings is 2. The summed E-state index contributed by atoms with van der Waals surface area (Å²) in [6, 6.07) is 18.0. The number of morpholine rings is 1. The molecule has 186 valence electrons. The fourth-order valence-corrected chi connectivity index (χ4v) is 6.39. The molecule has 0 saturated carbocycles. The Labute approximate surface area is 212 Å². The van der Waals surface area contributed by atoms with Crippen molar-refractivity contribution in [2.75, 3.05) is 26.3 Å². The number of ether oxygens (including phenoxy) is 1. The van der Waals surface area contributed by atoms with E-state index in [0.29, 0.717) is 44.2 Å². The quantitative estimate of drug-likeness (QED) is 0.346. The van der Waals surface area contributed by atoms with Crippen LogP contribution in [0.4, 0.5) is 0 Å². The van der Waals surface area contributed by atoms with E-state index >= 15 is 0 Å². The topological polar surface area (TPSA) is 110 Å². The molecule has 5 rings (SSSR count). The van der Waals surface area contributed by atoms with Gasteiger partial charge in [-0.15, -0.1) is 11.3 Å². The Morgan fingerprint density at radius 1 is 1.03 bits per heavy atom. The first-order valence-corrected chi connectivity index (χ1v) is 13.7. The fourth-order valence-electron chi connectivity index (χ4n) is 3.98. The van der Waals surface area contributed by atoms with Crippen molar-refractivity contribution in [2.45, 2.75) is 17.7 Å². The van der Waals surface area contributed by atoms with Crippen LogP contribution in [0.1, 0.15) is 23.6 Å². The number of para-hydroxylation sites is 1. The Kier molecular flexibility index (Phi) is 7.01. The lowest BCUT2D eigenvalue weighted by molar-refractivity contribution is -0.136. The molecule has 3 heterocycles. The van der Waals surface area contributed by atoms with E-state index < -0.39 is 16.0 Å². The number of nitrogens with zero attached hydrogens (tertiary/aromatic N) is 2. The molecule has 8 nitrogen and oxygen atoms in total. The van der Waals surface area contributed by atoms with Crippen LogP contribution in [0.2, 0.25) is 0 Å². The molecule has 0 atom stereocenters. The number of fused-ring (bicyclic) bond motifs is 1. The third kappa shape index (κ3) is 5.26. The number of carboxylic acid groups (broad SMARTS) is 1. The Morgan fingerprint density at radius 2 is 1.78 bits per heavy atom. The first-order chi connectivity index (χ1) is 17.4. The van der Waals surface area contributed by atoms with Crippen LogP contribution in [0.15, 0.2) is 70.0 Å². The van der Waals surface area contributed by atoms with E-state index in [1.807, 2.05) is 42.5 Å². The summed E-state index contributed by atoms with van der Waals surface area (Å²) in [6.07, 6.45) is 2.12. The second kappa shape index (κ2) is 10.4. The maximum atomic E-state index is 12.9. The van der Waals surface area contributed by atoms with Gasteiger partial charge in [0.2, 0.25) is 10.0 Å². The summed E-state index contributed by atoms with van der Waals surface area (Å²) in [4.78, 5) is 16.1. The first kappa shape index (κ1) is 24.4. The van der Waals surface area contributed by atoms with Crippen LogP contribution in [0.5, 0.6) is 0 Å². The molecule has 1 fully saturated rings. The average Bonchev–Trinajstić information content (AvgIpc) is 3.54. The summed E-state index contributed by atoms with van der Waals surface area (Å²) in [6.45, 7) is 1.48. The highest BCUT2D eigenvalue weighted by molar-refractivity contribution is 7.89. The van der Waals surface area contributed by atoms with Gasteiger partial charge in [-0.1, -0.05) is 12.1 Å². The van der Waals surface area contributed by atoms with Crippen LogP contribution in [0.25, 0.3) is 33.2 Å². The van der Waals surface area contributed by atoms with Gasteiger partial charge in [-0.2, -0.15) is 4.31 Å². The van der Waals surface area contributed by atoms with Crippen molar-refractivity contribution in [3.8, 4) is 11.3 Å². The highest BCUT2D eigenvalue weighted by Crippen LogP contribution is 2.32. The number of rotatable bonds is 8. The molecule has 0 spiro atoms. The molecule has 1 N–H and O–H groups in total. The summed E-state index contributed by atoms with van der Waals surface area (Å²) in [5, 5.41) is 9.97. The predicted molar refractivity (Wildman–Crippen MR) is 138 cm³/mol. The van der Waals surface area contributed by atoms with E-state index in [2.05, 4.69) is 4.98 Å². The number of aliphatic carboxylic acids is 1. The van der Waals surface area contributed by atoms with Crippen LogP contribution >= 0.6 is 11.3 Å². The zero-order chi connectivity index (χ0) is 25.1. The highest BCUT2D eigenvalue weighted by atomic mass is 32.2. The first-order valence-electron chi connectivity index (χ1n) is 11.5. The molecule has 1 aliphatic heterocycles. The maximum absolute atomic E-state index is 12.9. The zero-order valence-corrected chi connectivity index (χ0v) is 20.9. The standard InChI is InChI=1S/C26H24N2O6S2/c29-25(30)12-7-19(26-27-22-3-1-2-4-24(22)35-26)17-20-8-11-23(34-20)18-5-9-21(10-6-18)36(31,32)28-13-15-33-16-14-28/h1-6,8-11,17H,7,12-16H2,(H,29,30). The van der Waals surface area contributed by atoms with Crippen molar-refractivity contribution in [1.82, 2.24) is 9.29 Å². The maximum Gasteiger partial charge on any atom is 0.303 e. The Hall–Kier alpha value is -3.31. The van der Waals surface area contributed by atoms with Crippen LogP contribution in [-0.2, 0) is 19.6 Å². The second-order valence-corrected chi connectivity index (χ2v) is 11.3. The van der Waals surface area contributed by atoms with Crippen molar-refractivity contribution in [3.63, 3.8) is 0 Å². The lowest BCUT2D eigenvalue weighted by Crippen LogP contribution is -2.40. The Balaban J connectivity index is 1.40.